The first-order valence-corrected chi connectivity index (χ1v) is 7.68. The standard InChI is InChI=1S/C14H14ClNO2S/c1-11(12-6-3-2-4-7-12)16-19(17,18)14-9-5-8-13(15)10-14/h2-11,16H,1H3. The number of benzene rings is 2. The fourth-order valence-electron chi connectivity index (χ4n) is 1.74. The van der Waals surface area contributed by atoms with Crippen molar-refractivity contribution in [3.63, 3.8) is 0 Å². The zero-order chi connectivity index (χ0) is 13.9. The average Bonchev–Trinajstić information content (AvgIpc) is 2.39. The molecule has 1 N–H and O–H groups in total. The Labute approximate surface area is 118 Å². The minimum atomic E-state index is -3.56. The zero-order valence-corrected chi connectivity index (χ0v) is 11.9. The van der Waals surface area contributed by atoms with E-state index in [2.05, 4.69) is 4.72 Å². The van der Waals surface area contributed by atoms with E-state index in [1.54, 1.807) is 19.1 Å². The van der Waals surface area contributed by atoms with Crippen LogP contribution in [-0.4, -0.2) is 8.42 Å². The average molecular weight is 296 g/mol. The molecule has 5 heteroatoms. The minimum Gasteiger partial charge on any atom is -0.207 e. The Kier molecular flexibility index (Phi) is 4.24. The third-order valence-corrected chi connectivity index (χ3v) is 4.51. The fraction of sp³-hybridized carbons (Fsp3) is 0.143. The Hall–Kier alpha value is -1.36. The zero-order valence-electron chi connectivity index (χ0n) is 10.4. The van der Waals surface area contributed by atoms with Crippen molar-refractivity contribution < 1.29 is 8.42 Å². The highest BCUT2D eigenvalue weighted by Crippen LogP contribution is 2.19. The van der Waals surface area contributed by atoms with Gasteiger partial charge in [-0.25, -0.2) is 13.1 Å². The van der Waals surface area contributed by atoms with Crippen LogP contribution in [0.25, 0.3) is 0 Å². The van der Waals surface area contributed by atoms with Crippen LogP contribution in [0.3, 0.4) is 0 Å². The summed E-state index contributed by atoms with van der Waals surface area (Å²) in [4.78, 5) is 0.169. The monoisotopic (exact) mass is 295 g/mol. The molecule has 19 heavy (non-hydrogen) atoms. The van der Waals surface area contributed by atoms with Gasteiger partial charge in [0.2, 0.25) is 10.0 Å². The van der Waals surface area contributed by atoms with Gasteiger partial charge >= 0.3 is 0 Å². The van der Waals surface area contributed by atoms with Gasteiger partial charge in [0.05, 0.1) is 4.90 Å². The Bertz CT molecular complexity index is 656. The van der Waals surface area contributed by atoms with E-state index in [4.69, 9.17) is 11.6 Å². The van der Waals surface area contributed by atoms with Gasteiger partial charge in [-0.15, -0.1) is 0 Å². The van der Waals surface area contributed by atoms with Gasteiger partial charge in [0.15, 0.2) is 0 Å². The quantitative estimate of drug-likeness (QED) is 0.940. The predicted molar refractivity (Wildman–Crippen MR) is 76.6 cm³/mol. The van der Waals surface area contributed by atoms with Crippen LogP contribution in [0, 0.1) is 0 Å². The van der Waals surface area contributed by atoms with E-state index >= 15 is 0 Å². The van der Waals surface area contributed by atoms with Crippen molar-refractivity contribution in [2.24, 2.45) is 0 Å². The highest BCUT2D eigenvalue weighted by molar-refractivity contribution is 7.89. The van der Waals surface area contributed by atoms with Gasteiger partial charge in [-0.1, -0.05) is 48.0 Å². The van der Waals surface area contributed by atoms with Crippen molar-refractivity contribution in [1.82, 2.24) is 4.72 Å². The smallest absolute Gasteiger partial charge is 0.207 e. The summed E-state index contributed by atoms with van der Waals surface area (Å²) in [5, 5.41) is 0.398. The normalized spacial score (nSPS) is 13.2. The molecule has 0 fully saturated rings. The van der Waals surface area contributed by atoms with Gasteiger partial charge in [0.1, 0.15) is 0 Å². The molecular weight excluding hydrogens is 282 g/mol. The number of sulfonamides is 1. The van der Waals surface area contributed by atoms with Crippen LogP contribution >= 0.6 is 11.6 Å². The molecule has 0 saturated carbocycles. The summed E-state index contributed by atoms with van der Waals surface area (Å²) in [6.45, 7) is 1.80. The van der Waals surface area contributed by atoms with E-state index in [9.17, 15) is 8.42 Å². The van der Waals surface area contributed by atoms with Crippen molar-refractivity contribution in [2.75, 3.05) is 0 Å². The van der Waals surface area contributed by atoms with Gasteiger partial charge in [0, 0.05) is 11.1 Å². The molecule has 2 aromatic carbocycles. The maximum Gasteiger partial charge on any atom is 0.241 e. The molecule has 0 spiro atoms. The number of halogens is 1. The number of rotatable bonds is 4. The molecule has 0 radical (unpaired) electrons. The van der Waals surface area contributed by atoms with Crippen LogP contribution in [0.15, 0.2) is 59.5 Å². The van der Waals surface area contributed by atoms with Crippen LogP contribution in [0.2, 0.25) is 5.02 Å². The summed E-state index contributed by atoms with van der Waals surface area (Å²) in [5.74, 6) is 0. The first-order valence-electron chi connectivity index (χ1n) is 5.82. The van der Waals surface area contributed by atoms with E-state index in [-0.39, 0.29) is 10.9 Å². The molecule has 2 rings (SSSR count). The largest absolute Gasteiger partial charge is 0.241 e. The van der Waals surface area contributed by atoms with Gasteiger partial charge < -0.3 is 0 Å². The number of hydrogen-bond acceptors (Lipinski definition) is 2. The van der Waals surface area contributed by atoms with Crippen molar-refractivity contribution in [1.29, 1.82) is 0 Å². The molecule has 0 amide bonds. The molecule has 1 unspecified atom stereocenters. The topological polar surface area (TPSA) is 46.2 Å². The minimum absolute atomic E-state index is 0.169. The van der Waals surface area contributed by atoms with Gasteiger partial charge in [-0.2, -0.15) is 0 Å². The van der Waals surface area contributed by atoms with Crippen molar-refractivity contribution in [3.8, 4) is 0 Å². The summed E-state index contributed by atoms with van der Waals surface area (Å²) in [6, 6.07) is 15.3. The van der Waals surface area contributed by atoms with E-state index in [0.29, 0.717) is 5.02 Å². The first kappa shape index (κ1) is 14.1. The second-order valence-electron chi connectivity index (χ2n) is 4.21. The molecule has 0 saturated heterocycles. The number of nitrogens with one attached hydrogen (secondary N) is 1. The molecule has 0 bridgehead atoms. The molecular formula is C14H14ClNO2S. The molecule has 0 aliphatic carbocycles. The van der Waals surface area contributed by atoms with E-state index in [0.717, 1.165) is 5.56 Å². The van der Waals surface area contributed by atoms with Crippen molar-refractivity contribution >= 4 is 21.6 Å². The van der Waals surface area contributed by atoms with E-state index < -0.39 is 10.0 Å². The Morgan fingerprint density at radius 2 is 1.74 bits per heavy atom. The van der Waals surface area contributed by atoms with Crippen LogP contribution < -0.4 is 4.72 Å². The van der Waals surface area contributed by atoms with Gasteiger partial charge in [-0.05, 0) is 30.7 Å². The second-order valence-corrected chi connectivity index (χ2v) is 6.36. The van der Waals surface area contributed by atoms with Gasteiger partial charge in [-0.3, -0.25) is 0 Å². The van der Waals surface area contributed by atoms with Crippen LogP contribution in [0.5, 0.6) is 0 Å². The lowest BCUT2D eigenvalue weighted by atomic mass is 10.1. The summed E-state index contributed by atoms with van der Waals surface area (Å²) in [7, 11) is -3.56. The van der Waals surface area contributed by atoms with Gasteiger partial charge in [0.25, 0.3) is 0 Å². The molecule has 3 nitrogen and oxygen atoms in total. The molecule has 0 aliphatic heterocycles. The number of hydrogen-bond donors (Lipinski definition) is 1. The molecule has 0 aliphatic rings. The Morgan fingerprint density at radius 3 is 2.37 bits per heavy atom. The molecule has 2 aromatic rings. The Balaban J connectivity index is 2.23. The molecule has 1 atom stereocenters. The molecule has 0 heterocycles. The SMILES string of the molecule is CC(NS(=O)(=O)c1cccc(Cl)c1)c1ccccc1. The maximum atomic E-state index is 12.2. The Morgan fingerprint density at radius 1 is 1.05 bits per heavy atom. The lowest BCUT2D eigenvalue weighted by molar-refractivity contribution is 0.567. The predicted octanol–water partition coefficient (Wildman–Crippen LogP) is 3.38. The lowest BCUT2D eigenvalue weighted by Gasteiger charge is -2.14. The van der Waals surface area contributed by atoms with E-state index in [1.807, 2.05) is 30.3 Å². The highest BCUT2D eigenvalue weighted by atomic mass is 35.5. The highest BCUT2D eigenvalue weighted by Gasteiger charge is 2.18. The second kappa shape index (κ2) is 5.74. The fourth-order valence-corrected chi connectivity index (χ4v) is 3.28. The van der Waals surface area contributed by atoms with Crippen LogP contribution in [0.1, 0.15) is 18.5 Å². The third kappa shape index (κ3) is 3.56. The van der Waals surface area contributed by atoms with Crippen LogP contribution in [-0.2, 0) is 10.0 Å². The third-order valence-electron chi connectivity index (χ3n) is 2.74. The summed E-state index contributed by atoms with van der Waals surface area (Å²) >= 11 is 5.81. The summed E-state index contributed by atoms with van der Waals surface area (Å²) < 4.78 is 27.0. The lowest BCUT2D eigenvalue weighted by Crippen LogP contribution is -2.26. The van der Waals surface area contributed by atoms with Crippen molar-refractivity contribution in [2.45, 2.75) is 17.9 Å². The summed E-state index contributed by atoms with van der Waals surface area (Å²) in [6.07, 6.45) is 0. The maximum absolute atomic E-state index is 12.2. The molecule has 0 aromatic heterocycles. The van der Waals surface area contributed by atoms with Crippen LogP contribution in [0.4, 0.5) is 0 Å². The summed E-state index contributed by atoms with van der Waals surface area (Å²) in [5.41, 5.74) is 0.910. The van der Waals surface area contributed by atoms with Crippen molar-refractivity contribution in [3.05, 3.63) is 65.2 Å². The van der Waals surface area contributed by atoms with E-state index in [1.165, 1.54) is 12.1 Å². The first-order chi connectivity index (χ1) is 8.99. The molecule has 100 valence electrons.